The SMILES string of the molecule is CCCCC/C=C\CCCCCCCC(=O)OCC(COC(=O)CCCCCCCCCCCCCCCCCCC/C=C\C/C=C\CCCCCCC)OC(=O)CCCCCCCCC/C=C\C/C=C\CCCCCC. The Morgan fingerprint density at radius 1 is 0.260 bits per heavy atom. The van der Waals surface area contributed by atoms with Crippen LogP contribution in [0.3, 0.4) is 0 Å². The summed E-state index contributed by atoms with van der Waals surface area (Å²) in [7, 11) is 0. The third-order valence-electron chi connectivity index (χ3n) is 15.0. The molecule has 0 aromatic heterocycles. The molecule has 448 valence electrons. The fourth-order valence-electron chi connectivity index (χ4n) is 9.85. The predicted molar refractivity (Wildman–Crippen MR) is 335 cm³/mol. The average molecular weight is 1080 g/mol. The van der Waals surface area contributed by atoms with Crippen molar-refractivity contribution in [2.75, 3.05) is 13.2 Å². The topological polar surface area (TPSA) is 78.9 Å². The van der Waals surface area contributed by atoms with Gasteiger partial charge in [0, 0.05) is 19.3 Å². The van der Waals surface area contributed by atoms with Gasteiger partial charge in [-0.1, -0.05) is 287 Å². The average Bonchev–Trinajstić information content (AvgIpc) is 3.43. The van der Waals surface area contributed by atoms with Gasteiger partial charge in [-0.25, -0.2) is 0 Å². The molecule has 0 aliphatic rings. The Hall–Kier alpha value is -2.89. The van der Waals surface area contributed by atoms with E-state index in [0.717, 1.165) is 83.5 Å². The van der Waals surface area contributed by atoms with Gasteiger partial charge in [-0.2, -0.15) is 0 Å². The highest BCUT2D eigenvalue weighted by atomic mass is 16.6. The first-order chi connectivity index (χ1) is 38.0. The van der Waals surface area contributed by atoms with Crippen LogP contribution in [0.2, 0.25) is 0 Å². The maximum atomic E-state index is 12.9. The van der Waals surface area contributed by atoms with Gasteiger partial charge in [0.15, 0.2) is 6.10 Å². The van der Waals surface area contributed by atoms with Crippen LogP contribution in [0, 0.1) is 0 Å². The number of allylic oxidation sites excluding steroid dienone is 10. The number of esters is 3. The Morgan fingerprint density at radius 2 is 0.468 bits per heavy atom. The van der Waals surface area contributed by atoms with Gasteiger partial charge < -0.3 is 14.2 Å². The van der Waals surface area contributed by atoms with Crippen molar-refractivity contribution in [3.05, 3.63) is 60.8 Å². The lowest BCUT2D eigenvalue weighted by Gasteiger charge is -2.18. The highest BCUT2D eigenvalue weighted by Gasteiger charge is 2.19. The summed E-state index contributed by atoms with van der Waals surface area (Å²) < 4.78 is 16.9. The summed E-state index contributed by atoms with van der Waals surface area (Å²) in [4.78, 5) is 38.3. The number of unbranched alkanes of at least 4 members (excludes halogenated alkanes) is 41. The maximum absolute atomic E-state index is 12.9. The zero-order valence-electron chi connectivity index (χ0n) is 51.5. The molecule has 0 amide bonds. The number of ether oxygens (including phenoxy) is 3. The molecule has 6 heteroatoms. The van der Waals surface area contributed by atoms with Gasteiger partial charge in [0.2, 0.25) is 0 Å². The van der Waals surface area contributed by atoms with Crippen LogP contribution in [-0.4, -0.2) is 37.2 Å². The fraction of sp³-hybridized carbons (Fsp3) is 0.817. The van der Waals surface area contributed by atoms with E-state index in [2.05, 4.69) is 81.5 Å². The van der Waals surface area contributed by atoms with E-state index in [0.29, 0.717) is 19.3 Å². The predicted octanol–water partition coefficient (Wildman–Crippen LogP) is 23.1. The van der Waals surface area contributed by atoms with E-state index in [4.69, 9.17) is 14.2 Å². The summed E-state index contributed by atoms with van der Waals surface area (Å²) in [5, 5.41) is 0. The maximum Gasteiger partial charge on any atom is 0.306 e. The number of hydrogen-bond acceptors (Lipinski definition) is 6. The molecule has 0 N–H and O–H groups in total. The lowest BCUT2D eigenvalue weighted by atomic mass is 10.0. The zero-order chi connectivity index (χ0) is 55.7. The van der Waals surface area contributed by atoms with Gasteiger partial charge in [-0.05, 0) is 109 Å². The molecular formula is C71H128O6. The van der Waals surface area contributed by atoms with Crippen molar-refractivity contribution in [1.29, 1.82) is 0 Å². The van der Waals surface area contributed by atoms with Crippen molar-refractivity contribution in [3.8, 4) is 0 Å². The third kappa shape index (κ3) is 63.8. The monoisotopic (exact) mass is 1080 g/mol. The lowest BCUT2D eigenvalue weighted by molar-refractivity contribution is -0.167. The van der Waals surface area contributed by atoms with Crippen molar-refractivity contribution in [2.24, 2.45) is 0 Å². The number of carbonyl (C=O) groups excluding carboxylic acids is 3. The fourth-order valence-corrected chi connectivity index (χ4v) is 9.85. The smallest absolute Gasteiger partial charge is 0.306 e. The van der Waals surface area contributed by atoms with Crippen LogP contribution in [0.1, 0.15) is 355 Å². The lowest BCUT2D eigenvalue weighted by Crippen LogP contribution is -2.30. The van der Waals surface area contributed by atoms with Gasteiger partial charge in [-0.3, -0.25) is 14.4 Å². The van der Waals surface area contributed by atoms with Gasteiger partial charge in [-0.15, -0.1) is 0 Å². The van der Waals surface area contributed by atoms with E-state index in [9.17, 15) is 14.4 Å². The van der Waals surface area contributed by atoms with Crippen LogP contribution < -0.4 is 0 Å². The Labute approximate surface area is 479 Å². The van der Waals surface area contributed by atoms with Crippen molar-refractivity contribution in [1.82, 2.24) is 0 Å². The number of rotatable bonds is 62. The summed E-state index contributed by atoms with van der Waals surface area (Å²) in [5.41, 5.74) is 0. The highest BCUT2D eigenvalue weighted by Crippen LogP contribution is 2.17. The quantitative estimate of drug-likeness (QED) is 0.0261. The number of hydrogen-bond donors (Lipinski definition) is 0. The molecule has 0 fully saturated rings. The van der Waals surface area contributed by atoms with Gasteiger partial charge in [0.05, 0.1) is 0 Å². The van der Waals surface area contributed by atoms with E-state index < -0.39 is 6.10 Å². The third-order valence-corrected chi connectivity index (χ3v) is 15.0. The summed E-state index contributed by atoms with van der Waals surface area (Å²) in [6.45, 7) is 6.62. The van der Waals surface area contributed by atoms with Crippen LogP contribution in [0.25, 0.3) is 0 Å². The van der Waals surface area contributed by atoms with Gasteiger partial charge in [0.1, 0.15) is 13.2 Å². The summed E-state index contributed by atoms with van der Waals surface area (Å²) in [5.74, 6) is -0.876. The first-order valence-electron chi connectivity index (χ1n) is 33.8. The van der Waals surface area contributed by atoms with Crippen molar-refractivity contribution in [3.63, 3.8) is 0 Å². The Balaban J connectivity index is 4.20. The summed E-state index contributed by atoms with van der Waals surface area (Å²) in [6.07, 6.45) is 83.9. The van der Waals surface area contributed by atoms with Crippen LogP contribution in [0.15, 0.2) is 60.8 Å². The summed E-state index contributed by atoms with van der Waals surface area (Å²) >= 11 is 0. The second kappa shape index (κ2) is 65.6. The molecule has 1 atom stereocenters. The minimum atomic E-state index is -0.781. The van der Waals surface area contributed by atoms with E-state index in [1.165, 1.54) is 231 Å². The largest absolute Gasteiger partial charge is 0.462 e. The van der Waals surface area contributed by atoms with Crippen molar-refractivity contribution < 1.29 is 28.6 Å². The first kappa shape index (κ1) is 74.1. The van der Waals surface area contributed by atoms with E-state index in [1.54, 1.807) is 0 Å². The highest BCUT2D eigenvalue weighted by molar-refractivity contribution is 5.71. The minimum absolute atomic E-state index is 0.0772. The molecule has 0 aliphatic carbocycles. The minimum Gasteiger partial charge on any atom is -0.462 e. The van der Waals surface area contributed by atoms with Gasteiger partial charge >= 0.3 is 17.9 Å². The van der Waals surface area contributed by atoms with Crippen LogP contribution in [-0.2, 0) is 28.6 Å². The van der Waals surface area contributed by atoms with E-state index in [-0.39, 0.29) is 31.1 Å². The molecule has 0 saturated heterocycles. The van der Waals surface area contributed by atoms with Crippen molar-refractivity contribution in [2.45, 2.75) is 361 Å². The van der Waals surface area contributed by atoms with E-state index >= 15 is 0 Å². The molecular weight excluding hydrogens is 949 g/mol. The number of carbonyl (C=O) groups is 3. The van der Waals surface area contributed by atoms with Crippen LogP contribution in [0.4, 0.5) is 0 Å². The molecule has 0 heterocycles. The summed E-state index contributed by atoms with van der Waals surface area (Å²) in [6, 6.07) is 0. The molecule has 0 saturated carbocycles. The van der Waals surface area contributed by atoms with Gasteiger partial charge in [0.25, 0.3) is 0 Å². The van der Waals surface area contributed by atoms with Crippen LogP contribution >= 0.6 is 0 Å². The molecule has 77 heavy (non-hydrogen) atoms. The normalized spacial score (nSPS) is 12.4. The Bertz CT molecular complexity index is 1380. The Morgan fingerprint density at radius 3 is 0.766 bits per heavy atom. The molecule has 1 unspecified atom stereocenters. The molecule has 6 nitrogen and oxygen atoms in total. The first-order valence-corrected chi connectivity index (χ1v) is 33.8. The molecule has 0 radical (unpaired) electrons. The molecule has 0 rings (SSSR count). The molecule has 0 aromatic carbocycles. The second-order valence-corrected chi connectivity index (χ2v) is 22.7. The van der Waals surface area contributed by atoms with E-state index in [1.807, 2.05) is 0 Å². The standard InChI is InChI=1S/C71H128O6/c1-4-7-10-13-16-19-22-25-27-29-31-32-33-34-35-36-37-38-39-40-41-43-44-46-49-52-55-58-61-64-70(73)76-67-68(66-75-69(72)63-60-57-54-51-48-24-21-18-15-12-9-6-3)77-71(74)65-62-59-56-53-50-47-45-42-30-28-26-23-20-17-14-11-8-5-2/h18,20-23,25,28-31,68H,4-17,19,24,26-27,32-67H2,1-3H3/b21-18-,23-20-,25-22-,30-28-,31-29-. The zero-order valence-corrected chi connectivity index (χ0v) is 51.5. The molecule has 0 aromatic rings. The molecule has 0 bridgehead atoms. The van der Waals surface area contributed by atoms with Crippen LogP contribution in [0.5, 0.6) is 0 Å². The Kier molecular flexibility index (Phi) is 63.2. The molecule has 0 aliphatic heterocycles. The van der Waals surface area contributed by atoms with Crippen molar-refractivity contribution >= 4 is 17.9 Å². The molecule has 0 spiro atoms. The second-order valence-electron chi connectivity index (χ2n) is 22.7.